The zero-order valence-corrected chi connectivity index (χ0v) is 7.22. The molecule has 1 aliphatic heterocycles. The van der Waals surface area contributed by atoms with E-state index in [0.717, 1.165) is 13.0 Å². The summed E-state index contributed by atoms with van der Waals surface area (Å²) >= 11 is 0. The minimum absolute atomic E-state index is 0.0269. The summed E-state index contributed by atoms with van der Waals surface area (Å²) in [6.45, 7) is 2.86. The van der Waals surface area contributed by atoms with Crippen LogP contribution in [0.5, 0.6) is 0 Å². The quantitative estimate of drug-likeness (QED) is 0.595. The molecule has 0 aromatic rings. The van der Waals surface area contributed by atoms with Gasteiger partial charge in [0, 0.05) is 26.4 Å². The standard InChI is InChI=1S/C8H14N2O2/c1-6(11)10-5-7-2-3-9-8(12)4-7/h7H,2-5H2,1H3,(H,9,12)(H,10,11). The topological polar surface area (TPSA) is 58.2 Å². The van der Waals surface area contributed by atoms with Crippen LogP contribution in [0.2, 0.25) is 0 Å². The molecule has 2 amide bonds. The molecular formula is C8H14N2O2. The van der Waals surface area contributed by atoms with E-state index in [9.17, 15) is 9.59 Å². The number of nitrogens with one attached hydrogen (secondary N) is 2. The first kappa shape index (κ1) is 9.03. The molecule has 0 radical (unpaired) electrons. The summed E-state index contributed by atoms with van der Waals surface area (Å²) in [6, 6.07) is 0. The van der Waals surface area contributed by atoms with Gasteiger partial charge in [-0.1, -0.05) is 0 Å². The van der Waals surface area contributed by atoms with Crippen LogP contribution in [-0.2, 0) is 9.59 Å². The van der Waals surface area contributed by atoms with Gasteiger partial charge in [-0.3, -0.25) is 9.59 Å². The lowest BCUT2D eigenvalue weighted by Gasteiger charge is -2.21. The Morgan fingerprint density at radius 3 is 3.08 bits per heavy atom. The molecule has 0 spiro atoms. The van der Waals surface area contributed by atoms with Crippen molar-refractivity contribution in [3.8, 4) is 0 Å². The first-order chi connectivity index (χ1) is 5.68. The van der Waals surface area contributed by atoms with E-state index in [1.54, 1.807) is 0 Å². The van der Waals surface area contributed by atoms with Crippen molar-refractivity contribution in [2.24, 2.45) is 5.92 Å². The van der Waals surface area contributed by atoms with Crippen molar-refractivity contribution in [2.75, 3.05) is 13.1 Å². The highest BCUT2D eigenvalue weighted by Crippen LogP contribution is 2.10. The van der Waals surface area contributed by atoms with Crippen molar-refractivity contribution in [2.45, 2.75) is 19.8 Å². The van der Waals surface area contributed by atoms with Crippen molar-refractivity contribution in [1.82, 2.24) is 10.6 Å². The van der Waals surface area contributed by atoms with Gasteiger partial charge in [0.1, 0.15) is 0 Å². The minimum Gasteiger partial charge on any atom is -0.356 e. The van der Waals surface area contributed by atoms with E-state index < -0.39 is 0 Å². The van der Waals surface area contributed by atoms with Gasteiger partial charge in [-0.05, 0) is 12.3 Å². The van der Waals surface area contributed by atoms with Crippen LogP contribution in [0.4, 0.5) is 0 Å². The smallest absolute Gasteiger partial charge is 0.220 e. The molecule has 0 aliphatic carbocycles. The molecule has 68 valence electrons. The fourth-order valence-electron chi connectivity index (χ4n) is 1.31. The van der Waals surface area contributed by atoms with E-state index in [-0.39, 0.29) is 11.8 Å². The number of hydrogen-bond acceptors (Lipinski definition) is 2. The Morgan fingerprint density at radius 1 is 1.75 bits per heavy atom. The molecule has 0 aromatic carbocycles. The van der Waals surface area contributed by atoms with Crippen molar-refractivity contribution < 1.29 is 9.59 Å². The van der Waals surface area contributed by atoms with Crippen LogP contribution in [0.25, 0.3) is 0 Å². The molecule has 1 aliphatic rings. The summed E-state index contributed by atoms with van der Waals surface area (Å²) in [4.78, 5) is 21.5. The van der Waals surface area contributed by atoms with Gasteiger partial charge in [-0.15, -0.1) is 0 Å². The molecular weight excluding hydrogens is 156 g/mol. The van der Waals surface area contributed by atoms with Crippen LogP contribution in [0.15, 0.2) is 0 Å². The number of piperidine rings is 1. The SMILES string of the molecule is CC(=O)NCC1CCNC(=O)C1. The summed E-state index contributed by atoms with van der Waals surface area (Å²) in [7, 11) is 0. The van der Waals surface area contributed by atoms with E-state index >= 15 is 0 Å². The van der Waals surface area contributed by atoms with Gasteiger partial charge in [0.25, 0.3) is 0 Å². The molecule has 12 heavy (non-hydrogen) atoms. The normalized spacial score (nSPS) is 23.1. The molecule has 1 rings (SSSR count). The van der Waals surface area contributed by atoms with Gasteiger partial charge in [0.2, 0.25) is 11.8 Å². The highest BCUT2D eigenvalue weighted by atomic mass is 16.2. The maximum absolute atomic E-state index is 10.9. The first-order valence-corrected chi connectivity index (χ1v) is 4.19. The van der Waals surface area contributed by atoms with Crippen molar-refractivity contribution in [3.05, 3.63) is 0 Å². The van der Waals surface area contributed by atoms with Gasteiger partial charge >= 0.3 is 0 Å². The summed E-state index contributed by atoms with van der Waals surface area (Å²) < 4.78 is 0. The molecule has 0 aromatic heterocycles. The molecule has 0 saturated carbocycles. The predicted octanol–water partition coefficient (Wildman–Crippen LogP) is -0.351. The second-order valence-electron chi connectivity index (χ2n) is 3.15. The van der Waals surface area contributed by atoms with Gasteiger partial charge in [0.05, 0.1) is 0 Å². The number of hydrogen-bond donors (Lipinski definition) is 2. The van der Waals surface area contributed by atoms with Gasteiger partial charge in [-0.25, -0.2) is 0 Å². The lowest BCUT2D eigenvalue weighted by Crippen LogP contribution is -2.38. The highest BCUT2D eigenvalue weighted by molar-refractivity contribution is 5.77. The van der Waals surface area contributed by atoms with E-state index in [0.29, 0.717) is 18.9 Å². The van der Waals surface area contributed by atoms with Gasteiger partial charge < -0.3 is 10.6 Å². The van der Waals surface area contributed by atoms with Gasteiger partial charge in [0.15, 0.2) is 0 Å². The minimum atomic E-state index is -0.0269. The Labute approximate surface area is 71.7 Å². The molecule has 1 unspecified atom stereocenters. The van der Waals surface area contributed by atoms with Crippen LogP contribution in [0.1, 0.15) is 19.8 Å². The Bertz CT molecular complexity index is 191. The first-order valence-electron chi connectivity index (χ1n) is 4.19. The lowest BCUT2D eigenvalue weighted by atomic mass is 9.98. The highest BCUT2D eigenvalue weighted by Gasteiger charge is 2.18. The Morgan fingerprint density at radius 2 is 2.50 bits per heavy atom. The summed E-state index contributed by atoms with van der Waals surface area (Å²) in [5.41, 5.74) is 0. The summed E-state index contributed by atoms with van der Waals surface area (Å²) in [5.74, 6) is 0.389. The second-order valence-corrected chi connectivity index (χ2v) is 3.15. The molecule has 4 nitrogen and oxygen atoms in total. The third-order valence-electron chi connectivity index (χ3n) is 1.99. The van der Waals surface area contributed by atoms with Crippen molar-refractivity contribution in [3.63, 3.8) is 0 Å². The third-order valence-corrected chi connectivity index (χ3v) is 1.99. The van der Waals surface area contributed by atoms with E-state index in [2.05, 4.69) is 10.6 Å². The molecule has 4 heteroatoms. The average Bonchev–Trinajstić information content (AvgIpc) is 2.01. The summed E-state index contributed by atoms with van der Waals surface area (Å²) in [6.07, 6.45) is 1.51. The zero-order chi connectivity index (χ0) is 8.97. The fourth-order valence-corrected chi connectivity index (χ4v) is 1.31. The van der Waals surface area contributed by atoms with Crippen LogP contribution < -0.4 is 10.6 Å². The maximum Gasteiger partial charge on any atom is 0.220 e. The molecule has 1 heterocycles. The van der Waals surface area contributed by atoms with E-state index in [1.165, 1.54) is 6.92 Å². The second kappa shape index (κ2) is 4.09. The summed E-state index contributed by atoms with van der Waals surface area (Å²) in [5, 5.41) is 5.46. The monoisotopic (exact) mass is 170 g/mol. The predicted molar refractivity (Wildman–Crippen MR) is 44.4 cm³/mol. The third kappa shape index (κ3) is 2.90. The van der Waals surface area contributed by atoms with Crippen LogP contribution in [0, 0.1) is 5.92 Å². The molecule has 2 N–H and O–H groups in total. The molecule has 1 saturated heterocycles. The van der Waals surface area contributed by atoms with Crippen LogP contribution in [0.3, 0.4) is 0 Å². The van der Waals surface area contributed by atoms with Crippen molar-refractivity contribution >= 4 is 11.8 Å². The van der Waals surface area contributed by atoms with Crippen LogP contribution >= 0.6 is 0 Å². The largest absolute Gasteiger partial charge is 0.356 e. The zero-order valence-electron chi connectivity index (χ0n) is 7.22. The number of carbonyl (C=O) groups is 2. The number of amides is 2. The number of carbonyl (C=O) groups excluding carboxylic acids is 2. The number of rotatable bonds is 2. The lowest BCUT2D eigenvalue weighted by molar-refractivity contribution is -0.124. The van der Waals surface area contributed by atoms with E-state index in [1.807, 2.05) is 0 Å². The fraction of sp³-hybridized carbons (Fsp3) is 0.750. The van der Waals surface area contributed by atoms with Crippen molar-refractivity contribution in [1.29, 1.82) is 0 Å². The average molecular weight is 170 g/mol. The molecule has 1 atom stereocenters. The maximum atomic E-state index is 10.9. The Kier molecular flexibility index (Phi) is 3.08. The van der Waals surface area contributed by atoms with Crippen LogP contribution in [-0.4, -0.2) is 24.9 Å². The molecule has 1 fully saturated rings. The van der Waals surface area contributed by atoms with E-state index in [4.69, 9.17) is 0 Å². The Hall–Kier alpha value is -1.06. The Balaban J connectivity index is 2.23. The van der Waals surface area contributed by atoms with Gasteiger partial charge in [-0.2, -0.15) is 0 Å². The molecule has 0 bridgehead atoms.